The Kier molecular flexibility index (Phi) is 3.53. The molecular weight excluding hydrogens is 240 g/mol. The first kappa shape index (κ1) is 12.6. The quantitative estimate of drug-likeness (QED) is 0.881. The molecule has 1 heterocycles. The molecule has 1 aliphatic carbocycles. The van der Waals surface area contributed by atoms with Crippen LogP contribution in [-0.2, 0) is 9.53 Å². The molecule has 1 saturated carbocycles. The third-order valence-electron chi connectivity index (χ3n) is 4.12. The minimum absolute atomic E-state index is 0.0540. The number of ether oxygens (including phenoxy) is 1. The predicted octanol–water partition coefficient (Wildman–Crippen LogP) is 0.976. The van der Waals surface area contributed by atoms with Gasteiger partial charge in [0.25, 0.3) is 0 Å². The minimum atomic E-state index is 0.0540. The van der Waals surface area contributed by atoms with Crippen LogP contribution in [0.25, 0.3) is 0 Å². The van der Waals surface area contributed by atoms with E-state index < -0.39 is 0 Å². The maximum absolute atomic E-state index is 12.5. The summed E-state index contributed by atoms with van der Waals surface area (Å²) in [7, 11) is 0. The van der Waals surface area contributed by atoms with E-state index in [2.05, 4.69) is 12.1 Å². The Hall–Kier alpha value is -1.39. The Morgan fingerprint density at radius 2 is 2.16 bits per heavy atom. The fraction of sp³-hybridized carbons (Fsp3) is 0.533. The lowest BCUT2D eigenvalue weighted by molar-refractivity contribution is -0.141. The molecule has 2 aliphatic rings. The number of nitrogens with two attached hydrogens (primary N) is 1. The molecule has 1 aromatic rings. The van der Waals surface area contributed by atoms with Gasteiger partial charge in [0.05, 0.1) is 19.3 Å². The van der Waals surface area contributed by atoms with Crippen molar-refractivity contribution in [3.63, 3.8) is 0 Å². The fourth-order valence-corrected chi connectivity index (χ4v) is 2.89. The van der Waals surface area contributed by atoms with E-state index in [0.717, 1.165) is 6.42 Å². The summed E-state index contributed by atoms with van der Waals surface area (Å²) in [5.41, 5.74) is 7.00. The standard InChI is InChI=1S/C15H20N2O2/c16-9-12-10-19-7-6-17(12)15(18)14-8-13(14)11-4-2-1-3-5-11/h1-5,12-14H,6-10,16H2. The highest BCUT2D eigenvalue weighted by Crippen LogP contribution is 2.48. The molecule has 19 heavy (non-hydrogen) atoms. The van der Waals surface area contributed by atoms with Crippen molar-refractivity contribution in [1.29, 1.82) is 0 Å². The largest absolute Gasteiger partial charge is 0.377 e. The van der Waals surface area contributed by atoms with Crippen molar-refractivity contribution in [3.8, 4) is 0 Å². The van der Waals surface area contributed by atoms with Crippen molar-refractivity contribution in [3.05, 3.63) is 35.9 Å². The van der Waals surface area contributed by atoms with Crippen LogP contribution in [0.5, 0.6) is 0 Å². The van der Waals surface area contributed by atoms with Crippen LogP contribution in [0.15, 0.2) is 30.3 Å². The number of morpholine rings is 1. The van der Waals surface area contributed by atoms with Crippen LogP contribution < -0.4 is 5.73 Å². The maximum atomic E-state index is 12.5. The van der Waals surface area contributed by atoms with Gasteiger partial charge in [-0.2, -0.15) is 0 Å². The van der Waals surface area contributed by atoms with Crippen LogP contribution in [0.2, 0.25) is 0 Å². The van der Waals surface area contributed by atoms with Crippen molar-refractivity contribution >= 4 is 5.91 Å². The van der Waals surface area contributed by atoms with Gasteiger partial charge in [-0.25, -0.2) is 0 Å². The molecule has 3 atom stereocenters. The summed E-state index contributed by atoms with van der Waals surface area (Å²) in [5.74, 6) is 0.803. The van der Waals surface area contributed by atoms with Gasteiger partial charge in [0, 0.05) is 19.0 Å². The van der Waals surface area contributed by atoms with E-state index in [4.69, 9.17) is 10.5 Å². The lowest BCUT2D eigenvalue weighted by Crippen LogP contribution is -2.52. The summed E-state index contributed by atoms with van der Waals surface area (Å²) in [6.07, 6.45) is 0.970. The molecule has 1 aromatic carbocycles. The van der Waals surface area contributed by atoms with Crippen LogP contribution in [0.1, 0.15) is 17.9 Å². The van der Waals surface area contributed by atoms with Crippen molar-refractivity contribution in [2.24, 2.45) is 11.7 Å². The second kappa shape index (κ2) is 5.31. The van der Waals surface area contributed by atoms with Gasteiger partial charge < -0.3 is 15.4 Å². The first-order valence-electron chi connectivity index (χ1n) is 6.94. The van der Waals surface area contributed by atoms with Crippen molar-refractivity contribution < 1.29 is 9.53 Å². The number of benzene rings is 1. The van der Waals surface area contributed by atoms with Gasteiger partial charge in [-0.1, -0.05) is 30.3 Å². The van der Waals surface area contributed by atoms with E-state index in [1.165, 1.54) is 5.56 Å². The molecule has 2 fully saturated rings. The number of amides is 1. The Morgan fingerprint density at radius 3 is 2.89 bits per heavy atom. The average molecular weight is 260 g/mol. The van der Waals surface area contributed by atoms with E-state index in [0.29, 0.717) is 32.2 Å². The topological polar surface area (TPSA) is 55.6 Å². The smallest absolute Gasteiger partial charge is 0.226 e. The summed E-state index contributed by atoms with van der Waals surface area (Å²) in [6, 6.07) is 10.3. The highest BCUT2D eigenvalue weighted by atomic mass is 16.5. The van der Waals surface area contributed by atoms with Gasteiger partial charge in [0.15, 0.2) is 0 Å². The van der Waals surface area contributed by atoms with E-state index >= 15 is 0 Å². The molecule has 0 spiro atoms. The number of carbonyl (C=O) groups is 1. The summed E-state index contributed by atoms with van der Waals surface area (Å²) in [6.45, 7) is 2.36. The number of rotatable bonds is 3. The zero-order valence-electron chi connectivity index (χ0n) is 11.0. The molecule has 2 N–H and O–H groups in total. The molecule has 0 aromatic heterocycles. The van der Waals surface area contributed by atoms with Crippen molar-refractivity contribution in [1.82, 2.24) is 4.90 Å². The maximum Gasteiger partial charge on any atom is 0.226 e. The molecule has 1 aliphatic heterocycles. The average Bonchev–Trinajstić information content (AvgIpc) is 3.28. The van der Waals surface area contributed by atoms with Crippen LogP contribution in [0.3, 0.4) is 0 Å². The second-order valence-electron chi connectivity index (χ2n) is 5.36. The van der Waals surface area contributed by atoms with Crippen LogP contribution in [-0.4, -0.2) is 43.2 Å². The second-order valence-corrected chi connectivity index (χ2v) is 5.36. The number of hydrogen-bond donors (Lipinski definition) is 1. The normalized spacial score (nSPS) is 30.2. The Balaban J connectivity index is 1.66. The van der Waals surface area contributed by atoms with Gasteiger partial charge in [-0.15, -0.1) is 0 Å². The number of hydrogen-bond acceptors (Lipinski definition) is 3. The highest BCUT2D eigenvalue weighted by Gasteiger charge is 2.47. The van der Waals surface area contributed by atoms with Gasteiger partial charge in [-0.05, 0) is 17.9 Å². The lowest BCUT2D eigenvalue weighted by atomic mass is 10.1. The molecule has 1 amide bonds. The van der Waals surface area contributed by atoms with Crippen LogP contribution >= 0.6 is 0 Å². The van der Waals surface area contributed by atoms with E-state index in [1.807, 2.05) is 23.1 Å². The van der Waals surface area contributed by atoms with Crippen molar-refractivity contribution in [2.45, 2.75) is 18.4 Å². The summed E-state index contributed by atoms with van der Waals surface area (Å²) in [5, 5.41) is 0. The molecule has 3 unspecified atom stereocenters. The zero-order valence-corrected chi connectivity index (χ0v) is 11.0. The van der Waals surface area contributed by atoms with E-state index in [9.17, 15) is 4.79 Å². The van der Waals surface area contributed by atoms with Gasteiger partial charge >= 0.3 is 0 Å². The molecular formula is C15H20N2O2. The molecule has 0 bridgehead atoms. The Bertz CT molecular complexity index is 449. The van der Waals surface area contributed by atoms with Gasteiger partial charge in [0.1, 0.15) is 0 Å². The predicted molar refractivity (Wildman–Crippen MR) is 72.7 cm³/mol. The third kappa shape index (κ3) is 2.51. The van der Waals surface area contributed by atoms with E-state index in [-0.39, 0.29) is 17.9 Å². The molecule has 0 radical (unpaired) electrons. The Labute approximate surface area is 113 Å². The summed E-state index contributed by atoms with van der Waals surface area (Å²) >= 11 is 0. The summed E-state index contributed by atoms with van der Waals surface area (Å²) in [4.78, 5) is 14.5. The molecule has 102 valence electrons. The zero-order chi connectivity index (χ0) is 13.2. The monoisotopic (exact) mass is 260 g/mol. The van der Waals surface area contributed by atoms with Crippen molar-refractivity contribution in [2.75, 3.05) is 26.3 Å². The lowest BCUT2D eigenvalue weighted by Gasteiger charge is -2.35. The molecule has 4 heteroatoms. The van der Waals surface area contributed by atoms with Gasteiger partial charge in [-0.3, -0.25) is 4.79 Å². The minimum Gasteiger partial charge on any atom is -0.377 e. The summed E-state index contributed by atoms with van der Waals surface area (Å²) < 4.78 is 5.39. The number of nitrogens with zero attached hydrogens (tertiary/aromatic N) is 1. The first-order chi connectivity index (χ1) is 9.31. The molecule has 4 nitrogen and oxygen atoms in total. The molecule has 3 rings (SSSR count). The molecule has 1 saturated heterocycles. The SMILES string of the molecule is NCC1COCCN1C(=O)C1CC1c1ccccc1. The van der Waals surface area contributed by atoms with Crippen LogP contribution in [0.4, 0.5) is 0 Å². The van der Waals surface area contributed by atoms with Crippen LogP contribution in [0, 0.1) is 5.92 Å². The fourth-order valence-electron chi connectivity index (χ4n) is 2.89. The third-order valence-corrected chi connectivity index (χ3v) is 4.12. The van der Waals surface area contributed by atoms with E-state index in [1.54, 1.807) is 0 Å². The first-order valence-corrected chi connectivity index (χ1v) is 6.94. The Morgan fingerprint density at radius 1 is 1.37 bits per heavy atom. The highest BCUT2D eigenvalue weighted by molar-refractivity contribution is 5.83. The number of carbonyl (C=O) groups excluding carboxylic acids is 1. The van der Waals surface area contributed by atoms with Gasteiger partial charge in [0.2, 0.25) is 5.91 Å².